The van der Waals surface area contributed by atoms with E-state index in [9.17, 15) is 8.42 Å². The summed E-state index contributed by atoms with van der Waals surface area (Å²) in [6.07, 6.45) is 1.62. The molecule has 1 unspecified atom stereocenters. The van der Waals surface area contributed by atoms with Crippen molar-refractivity contribution in [1.29, 1.82) is 0 Å². The van der Waals surface area contributed by atoms with Gasteiger partial charge < -0.3 is 4.43 Å². The van der Waals surface area contributed by atoms with Gasteiger partial charge in [0, 0.05) is 31.8 Å². The lowest BCUT2D eigenvalue weighted by Gasteiger charge is -2.43. The van der Waals surface area contributed by atoms with Crippen molar-refractivity contribution < 1.29 is 17.0 Å². The average Bonchev–Trinajstić information content (AvgIpc) is 2.94. The Kier molecular flexibility index (Phi) is 11.4. The molecule has 0 aliphatic rings. The summed E-state index contributed by atoms with van der Waals surface area (Å²) in [7, 11) is -6.44. The van der Waals surface area contributed by atoms with E-state index in [1.165, 1.54) is 10.4 Å². The quantitative estimate of drug-likeness (QED) is 0.121. The number of hydrogen-bond acceptors (Lipinski definition) is 4. The van der Waals surface area contributed by atoms with Crippen LogP contribution in [0.15, 0.2) is 89.8 Å². The SMILES string of the molecule is CC#CCC(CC#CCCOS(=O)(=O)c1ccc(C)cc1)CO[Si](c1ccccc1)(c1ccccc1)C(C)(C)C. The molecule has 1 atom stereocenters. The Bertz CT molecular complexity index is 1400. The molecule has 0 heterocycles. The first-order valence-electron chi connectivity index (χ1n) is 13.7. The molecule has 0 aliphatic heterocycles. The molecule has 6 heteroatoms. The second kappa shape index (κ2) is 14.5. The molecule has 40 heavy (non-hydrogen) atoms. The van der Waals surface area contributed by atoms with Crippen LogP contribution in [0.1, 0.15) is 52.5 Å². The van der Waals surface area contributed by atoms with E-state index in [4.69, 9.17) is 8.61 Å². The molecule has 210 valence electrons. The van der Waals surface area contributed by atoms with Gasteiger partial charge >= 0.3 is 0 Å². The molecule has 3 aromatic rings. The highest BCUT2D eigenvalue weighted by molar-refractivity contribution is 7.86. The van der Waals surface area contributed by atoms with E-state index in [0.717, 1.165) is 5.56 Å². The van der Waals surface area contributed by atoms with Crippen LogP contribution in [0.2, 0.25) is 5.04 Å². The summed E-state index contributed by atoms with van der Waals surface area (Å²) in [5.74, 6) is 12.7. The summed E-state index contributed by atoms with van der Waals surface area (Å²) < 4.78 is 37.1. The number of benzene rings is 3. The van der Waals surface area contributed by atoms with Gasteiger partial charge in [0.2, 0.25) is 0 Å². The van der Waals surface area contributed by atoms with Gasteiger partial charge in [-0.05, 0) is 41.4 Å². The van der Waals surface area contributed by atoms with Gasteiger partial charge in [-0.1, -0.05) is 99.1 Å². The van der Waals surface area contributed by atoms with Crippen molar-refractivity contribution in [3.05, 3.63) is 90.5 Å². The topological polar surface area (TPSA) is 52.6 Å². The number of aryl methyl sites for hydroxylation is 1. The Morgan fingerprint density at radius 3 is 1.88 bits per heavy atom. The third-order valence-electron chi connectivity index (χ3n) is 6.81. The Balaban J connectivity index is 1.72. The lowest BCUT2D eigenvalue weighted by atomic mass is 10.0. The first-order chi connectivity index (χ1) is 19.1. The van der Waals surface area contributed by atoms with Crippen molar-refractivity contribution in [3.8, 4) is 23.7 Å². The summed E-state index contributed by atoms with van der Waals surface area (Å²) in [6.45, 7) is 11.1. The second-order valence-electron chi connectivity index (χ2n) is 10.9. The van der Waals surface area contributed by atoms with Gasteiger partial charge in [0.15, 0.2) is 0 Å². The number of hydrogen-bond donors (Lipinski definition) is 0. The van der Waals surface area contributed by atoms with E-state index < -0.39 is 18.4 Å². The van der Waals surface area contributed by atoms with Gasteiger partial charge in [-0.2, -0.15) is 8.42 Å². The van der Waals surface area contributed by atoms with Crippen LogP contribution in [0.25, 0.3) is 0 Å². The fourth-order valence-corrected chi connectivity index (χ4v) is 10.3. The highest BCUT2D eigenvalue weighted by atomic mass is 32.2. The molecule has 0 amide bonds. The van der Waals surface area contributed by atoms with E-state index in [1.54, 1.807) is 24.3 Å². The first-order valence-corrected chi connectivity index (χ1v) is 17.0. The van der Waals surface area contributed by atoms with Gasteiger partial charge in [0.25, 0.3) is 18.4 Å². The molecule has 0 fully saturated rings. The molecular weight excluding hydrogens is 533 g/mol. The Morgan fingerprint density at radius 1 is 0.800 bits per heavy atom. The molecule has 0 spiro atoms. The summed E-state index contributed by atoms with van der Waals surface area (Å²) in [6, 6.07) is 27.8. The molecule has 0 aliphatic carbocycles. The maximum atomic E-state index is 12.4. The minimum atomic E-state index is -3.79. The fourth-order valence-electron chi connectivity index (χ4n) is 4.72. The van der Waals surface area contributed by atoms with Crippen molar-refractivity contribution in [2.75, 3.05) is 13.2 Å². The summed E-state index contributed by atoms with van der Waals surface area (Å²) in [4.78, 5) is 0.157. The van der Waals surface area contributed by atoms with Crippen LogP contribution in [0.3, 0.4) is 0 Å². The Morgan fingerprint density at radius 2 is 1.35 bits per heavy atom. The Labute approximate surface area is 242 Å². The Hall–Kier alpha value is -3.13. The standard InChI is InChI=1S/C34H40O4SSi/c1-6-7-17-30(18-11-10-16-27-37-39(35,36)31-25-23-29(2)24-26-31)28-38-40(34(3,4)5,32-19-12-8-13-20-32)33-21-14-9-15-22-33/h8-9,12-15,19-26,30H,16-18,27-28H2,1-5H3. The maximum absolute atomic E-state index is 12.4. The smallest absolute Gasteiger partial charge is 0.297 e. The normalized spacial score (nSPS) is 12.5. The van der Waals surface area contributed by atoms with Gasteiger partial charge in [0.05, 0.1) is 11.5 Å². The molecule has 0 saturated carbocycles. The maximum Gasteiger partial charge on any atom is 0.297 e. The predicted octanol–water partition coefficient (Wildman–Crippen LogP) is 6.09. The van der Waals surface area contributed by atoms with E-state index >= 15 is 0 Å². The van der Waals surface area contributed by atoms with Crippen molar-refractivity contribution in [1.82, 2.24) is 0 Å². The van der Waals surface area contributed by atoms with E-state index in [0.29, 0.717) is 25.9 Å². The molecule has 3 aromatic carbocycles. The molecular formula is C34H40O4SSi. The third-order valence-corrected chi connectivity index (χ3v) is 13.1. The zero-order chi connectivity index (χ0) is 29.1. The second-order valence-corrected chi connectivity index (χ2v) is 16.8. The van der Waals surface area contributed by atoms with Crippen molar-refractivity contribution in [3.63, 3.8) is 0 Å². The predicted molar refractivity (Wildman–Crippen MR) is 166 cm³/mol. The highest BCUT2D eigenvalue weighted by Gasteiger charge is 2.50. The van der Waals surface area contributed by atoms with Gasteiger partial charge in [-0.15, -0.1) is 23.7 Å². The van der Waals surface area contributed by atoms with E-state index in [-0.39, 0.29) is 22.5 Å². The monoisotopic (exact) mass is 572 g/mol. The first kappa shape index (κ1) is 31.4. The average molecular weight is 573 g/mol. The molecule has 0 aromatic heterocycles. The molecule has 0 N–H and O–H groups in total. The largest absolute Gasteiger partial charge is 0.407 e. The lowest BCUT2D eigenvalue weighted by molar-refractivity contribution is 0.239. The summed E-state index contributed by atoms with van der Waals surface area (Å²) in [5.41, 5.74) is 0.992. The molecule has 4 nitrogen and oxygen atoms in total. The van der Waals surface area contributed by atoms with Crippen LogP contribution >= 0.6 is 0 Å². The lowest BCUT2D eigenvalue weighted by Crippen LogP contribution is -2.66. The van der Waals surface area contributed by atoms with Crippen LogP contribution in [0, 0.1) is 36.5 Å². The van der Waals surface area contributed by atoms with Crippen molar-refractivity contribution in [2.24, 2.45) is 5.92 Å². The van der Waals surface area contributed by atoms with Gasteiger partial charge in [0.1, 0.15) is 0 Å². The van der Waals surface area contributed by atoms with Crippen LogP contribution < -0.4 is 10.4 Å². The van der Waals surface area contributed by atoms with Gasteiger partial charge in [-0.25, -0.2) is 0 Å². The summed E-state index contributed by atoms with van der Waals surface area (Å²) >= 11 is 0. The molecule has 3 rings (SSSR count). The number of rotatable bonds is 11. The van der Waals surface area contributed by atoms with Gasteiger partial charge in [-0.3, -0.25) is 4.18 Å². The highest BCUT2D eigenvalue weighted by Crippen LogP contribution is 2.37. The van der Waals surface area contributed by atoms with E-state index in [1.807, 2.05) is 26.0 Å². The summed E-state index contributed by atoms with van der Waals surface area (Å²) in [5, 5.41) is 2.38. The zero-order valence-corrected chi connectivity index (χ0v) is 26.1. The molecule has 0 bridgehead atoms. The molecule has 0 radical (unpaired) electrons. The van der Waals surface area contributed by atoms with Crippen LogP contribution in [0.4, 0.5) is 0 Å². The molecule has 0 saturated heterocycles. The third kappa shape index (κ3) is 8.19. The fraction of sp³-hybridized carbons (Fsp3) is 0.353. The minimum Gasteiger partial charge on any atom is -0.407 e. The minimum absolute atomic E-state index is 0.0151. The van der Waals surface area contributed by atoms with Crippen LogP contribution in [-0.4, -0.2) is 29.9 Å². The van der Waals surface area contributed by atoms with Crippen molar-refractivity contribution >= 4 is 28.8 Å². The van der Waals surface area contributed by atoms with E-state index in [2.05, 4.69) is 93.0 Å². The van der Waals surface area contributed by atoms with Crippen LogP contribution in [-0.2, 0) is 18.7 Å². The zero-order valence-electron chi connectivity index (χ0n) is 24.2. The van der Waals surface area contributed by atoms with Crippen LogP contribution in [0.5, 0.6) is 0 Å². The van der Waals surface area contributed by atoms with Crippen molar-refractivity contribution in [2.45, 2.75) is 63.8 Å².